The summed E-state index contributed by atoms with van der Waals surface area (Å²) in [6.45, 7) is 2.57. The molecule has 0 bridgehead atoms. The van der Waals surface area contributed by atoms with Gasteiger partial charge in [-0.15, -0.1) is 13.2 Å². The summed E-state index contributed by atoms with van der Waals surface area (Å²) < 4.78 is 44.7. The number of ether oxygens (including phenoxy) is 1. The quantitative estimate of drug-likeness (QED) is 0.768. The maximum atomic E-state index is 12.4. The van der Waals surface area contributed by atoms with Crippen molar-refractivity contribution in [1.82, 2.24) is 19.5 Å². The minimum atomic E-state index is -4.85. The molecule has 2 aromatic heterocycles. The van der Waals surface area contributed by atoms with Crippen molar-refractivity contribution in [3.8, 4) is 5.75 Å². The molecule has 9 heteroatoms. The Bertz CT molecular complexity index is 898. The van der Waals surface area contributed by atoms with Crippen LogP contribution in [0.3, 0.4) is 0 Å². The Labute approximate surface area is 140 Å². The van der Waals surface area contributed by atoms with Crippen molar-refractivity contribution in [3.05, 3.63) is 54.0 Å². The zero-order valence-electron chi connectivity index (χ0n) is 13.2. The van der Waals surface area contributed by atoms with Crippen LogP contribution in [0.25, 0.3) is 5.65 Å². The van der Waals surface area contributed by atoms with Crippen LogP contribution >= 0.6 is 0 Å². The molecule has 0 saturated heterocycles. The molecule has 25 heavy (non-hydrogen) atoms. The number of benzene rings is 1. The van der Waals surface area contributed by atoms with Crippen LogP contribution in [0.4, 0.5) is 13.2 Å². The van der Waals surface area contributed by atoms with Crippen LogP contribution in [0.2, 0.25) is 0 Å². The molecule has 0 spiro atoms. The predicted molar refractivity (Wildman–Crippen MR) is 83.4 cm³/mol. The lowest BCUT2D eigenvalue weighted by atomic mass is 10.2. The highest BCUT2D eigenvalue weighted by Crippen LogP contribution is 2.26. The summed E-state index contributed by atoms with van der Waals surface area (Å²) in [7, 11) is 0. The van der Waals surface area contributed by atoms with Crippen LogP contribution in [-0.4, -0.2) is 33.0 Å². The Balaban J connectivity index is 1.65. The summed E-state index contributed by atoms with van der Waals surface area (Å²) in [5.41, 5.74) is 1.57. The number of halogens is 3. The number of alkyl halides is 3. The van der Waals surface area contributed by atoms with Gasteiger partial charge in [0.05, 0.1) is 11.3 Å². The van der Waals surface area contributed by atoms with Crippen molar-refractivity contribution in [3.63, 3.8) is 0 Å². The molecule has 1 N–H and O–H groups in total. The normalized spacial score (nSPS) is 11.7. The van der Waals surface area contributed by atoms with Crippen molar-refractivity contribution in [1.29, 1.82) is 0 Å². The van der Waals surface area contributed by atoms with E-state index in [-0.39, 0.29) is 12.1 Å². The highest BCUT2D eigenvalue weighted by molar-refractivity contribution is 5.96. The molecule has 132 valence electrons. The second-order valence-electron chi connectivity index (χ2n) is 5.38. The van der Waals surface area contributed by atoms with Crippen molar-refractivity contribution in [2.75, 3.05) is 6.54 Å². The standard InChI is InChI=1S/C16H15F3N4O2/c1-11-10-14-22(8-9-23(14)21-11)7-6-20-15(24)12-4-2-3-5-13(12)25-16(17,18)19/h2-5,8-10H,6-7H2,1H3,(H,20,24). The molecule has 3 rings (SSSR count). The monoisotopic (exact) mass is 352 g/mol. The van der Waals surface area contributed by atoms with Gasteiger partial charge in [-0.3, -0.25) is 4.79 Å². The number of aryl methyl sites for hydroxylation is 1. The molecule has 0 aliphatic heterocycles. The van der Waals surface area contributed by atoms with Gasteiger partial charge >= 0.3 is 6.36 Å². The number of nitrogens with one attached hydrogen (secondary N) is 1. The number of hydrogen-bond donors (Lipinski definition) is 1. The first-order valence-corrected chi connectivity index (χ1v) is 7.47. The molecule has 0 radical (unpaired) electrons. The fourth-order valence-corrected chi connectivity index (χ4v) is 2.49. The lowest BCUT2D eigenvalue weighted by Gasteiger charge is -2.13. The zero-order chi connectivity index (χ0) is 18.0. The lowest BCUT2D eigenvalue weighted by molar-refractivity contribution is -0.274. The zero-order valence-corrected chi connectivity index (χ0v) is 13.2. The average molecular weight is 352 g/mol. The van der Waals surface area contributed by atoms with Crippen molar-refractivity contribution in [2.45, 2.75) is 19.8 Å². The molecular formula is C16H15F3N4O2. The molecule has 2 heterocycles. The van der Waals surface area contributed by atoms with Gasteiger partial charge < -0.3 is 14.6 Å². The van der Waals surface area contributed by atoms with E-state index in [9.17, 15) is 18.0 Å². The van der Waals surface area contributed by atoms with Gasteiger partial charge in [0.15, 0.2) is 0 Å². The highest BCUT2D eigenvalue weighted by Gasteiger charge is 2.32. The van der Waals surface area contributed by atoms with E-state index in [1.165, 1.54) is 18.2 Å². The maximum Gasteiger partial charge on any atom is 0.573 e. The Kier molecular flexibility index (Phi) is 4.39. The number of nitrogens with zero attached hydrogens (tertiary/aromatic N) is 3. The predicted octanol–water partition coefficient (Wildman–Crippen LogP) is 2.77. The first-order chi connectivity index (χ1) is 11.8. The van der Waals surface area contributed by atoms with E-state index in [2.05, 4.69) is 15.2 Å². The van der Waals surface area contributed by atoms with Gasteiger partial charge in [0.2, 0.25) is 0 Å². The highest BCUT2D eigenvalue weighted by atomic mass is 19.4. The van der Waals surface area contributed by atoms with E-state index in [0.29, 0.717) is 6.54 Å². The summed E-state index contributed by atoms with van der Waals surface area (Å²) in [4.78, 5) is 12.2. The second kappa shape index (κ2) is 6.50. The summed E-state index contributed by atoms with van der Waals surface area (Å²) in [5.74, 6) is -1.16. The first-order valence-electron chi connectivity index (χ1n) is 7.47. The number of carbonyl (C=O) groups excluding carboxylic acids is 1. The third-order valence-corrected chi connectivity index (χ3v) is 3.52. The Morgan fingerprint density at radius 3 is 2.80 bits per heavy atom. The SMILES string of the molecule is Cc1cc2n(CCNC(=O)c3ccccc3OC(F)(F)F)ccn2n1. The number of imidazole rings is 1. The molecule has 1 amide bonds. The minimum absolute atomic E-state index is 0.169. The number of aromatic nitrogens is 3. The van der Waals surface area contributed by atoms with Gasteiger partial charge in [0.25, 0.3) is 5.91 Å². The fraction of sp³-hybridized carbons (Fsp3) is 0.250. The molecule has 0 saturated carbocycles. The number of rotatable bonds is 5. The van der Waals surface area contributed by atoms with E-state index in [4.69, 9.17) is 0 Å². The largest absolute Gasteiger partial charge is 0.573 e. The third-order valence-electron chi connectivity index (χ3n) is 3.52. The van der Waals surface area contributed by atoms with Crippen LogP contribution in [0.1, 0.15) is 16.1 Å². The molecule has 6 nitrogen and oxygen atoms in total. The molecule has 0 atom stereocenters. The van der Waals surface area contributed by atoms with E-state index in [0.717, 1.165) is 17.4 Å². The smallest absolute Gasteiger partial charge is 0.405 e. The topological polar surface area (TPSA) is 60.6 Å². The van der Waals surface area contributed by atoms with Gasteiger partial charge in [-0.05, 0) is 19.1 Å². The minimum Gasteiger partial charge on any atom is -0.405 e. The number of hydrogen-bond acceptors (Lipinski definition) is 3. The van der Waals surface area contributed by atoms with Crippen LogP contribution < -0.4 is 10.1 Å². The molecule has 0 fully saturated rings. The molecule has 0 unspecified atom stereocenters. The van der Waals surface area contributed by atoms with E-state index in [1.807, 2.05) is 23.8 Å². The molecule has 1 aromatic carbocycles. The van der Waals surface area contributed by atoms with E-state index >= 15 is 0 Å². The van der Waals surface area contributed by atoms with Gasteiger partial charge in [-0.2, -0.15) is 5.10 Å². The van der Waals surface area contributed by atoms with Crippen LogP contribution in [0, 0.1) is 6.92 Å². The van der Waals surface area contributed by atoms with Crippen LogP contribution in [-0.2, 0) is 6.54 Å². The first kappa shape index (κ1) is 16.9. The maximum absolute atomic E-state index is 12.4. The molecule has 0 aliphatic rings. The Morgan fingerprint density at radius 2 is 2.04 bits per heavy atom. The number of fused-ring (bicyclic) bond motifs is 1. The van der Waals surface area contributed by atoms with E-state index in [1.54, 1.807) is 10.7 Å². The summed E-state index contributed by atoms with van der Waals surface area (Å²) in [6.07, 6.45) is -1.25. The van der Waals surface area contributed by atoms with Crippen molar-refractivity contribution < 1.29 is 22.7 Å². The van der Waals surface area contributed by atoms with Gasteiger partial charge in [0.1, 0.15) is 11.4 Å². The number of carbonyl (C=O) groups is 1. The molecular weight excluding hydrogens is 337 g/mol. The lowest BCUT2D eigenvalue weighted by Crippen LogP contribution is -2.28. The number of amides is 1. The Hall–Kier alpha value is -2.97. The van der Waals surface area contributed by atoms with Gasteiger partial charge in [0, 0.05) is 31.5 Å². The molecule has 0 aliphatic carbocycles. The fourth-order valence-electron chi connectivity index (χ4n) is 2.49. The van der Waals surface area contributed by atoms with Gasteiger partial charge in [-0.25, -0.2) is 4.52 Å². The summed E-state index contributed by atoms with van der Waals surface area (Å²) >= 11 is 0. The summed E-state index contributed by atoms with van der Waals surface area (Å²) in [5, 5.41) is 6.85. The van der Waals surface area contributed by atoms with Crippen molar-refractivity contribution in [2.24, 2.45) is 0 Å². The Morgan fingerprint density at radius 1 is 1.28 bits per heavy atom. The van der Waals surface area contributed by atoms with Crippen LogP contribution in [0.15, 0.2) is 42.7 Å². The third kappa shape index (κ3) is 3.93. The second-order valence-corrected chi connectivity index (χ2v) is 5.38. The summed E-state index contributed by atoms with van der Waals surface area (Å²) in [6, 6.07) is 7.13. The average Bonchev–Trinajstić information content (AvgIpc) is 3.06. The molecule has 3 aromatic rings. The van der Waals surface area contributed by atoms with Gasteiger partial charge in [-0.1, -0.05) is 12.1 Å². The number of para-hydroxylation sites is 1. The van der Waals surface area contributed by atoms with Crippen LogP contribution in [0.5, 0.6) is 5.75 Å². The van der Waals surface area contributed by atoms with Crippen molar-refractivity contribution >= 4 is 11.6 Å². The van der Waals surface area contributed by atoms with E-state index < -0.39 is 18.0 Å².